The van der Waals surface area contributed by atoms with Crippen molar-refractivity contribution < 1.29 is 4.74 Å². The molecule has 102 valence electrons. The van der Waals surface area contributed by atoms with Gasteiger partial charge >= 0.3 is 0 Å². The first-order chi connectivity index (χ1) is 8.54. The standard InChI is InChI=1S/C14H23ClN2O/c1-5-14(6-2,18-4)13(17-16)11-8-7-10(3)12(15)9-11/h7-9,13,17H,5-6,16H2,1-4H3. The van der Waals surface area contributed by atoms with Crippen LogP contribution in [0.3, 0.4) is 0 Å². The zero-order valence-corrected chi connectivity index (χ0v) is 12.3. The molecule has 4 heteroatoms. The van der Waals surface area contributed by atoms with E-state index in [0.29, 0.717) is 0 Å². The fraction of sp³-hybridized carbons (Fsp3) is 0.571. The number of nitrogens with one attached hydrogen (secondary N) is 1. The Hall–Kier alpha value is -0.610. The summed E-state index contributed by atoms with van der Waals surface area (Å²) in [7, 11) is 1.73. The monoisotopic (exact) mass is 270 g/mol. The zero-order valence-electron chi connectivity index (χ0n) is 11.6. The normalized spacial score (nSPS) is 13.7. The first kappa shape index (κ1) is 15.4. The lowest BCUT2D eigenvalue weighted by molar-refractivity contribution is -0.0486. The highest BCUT2D eigenvalue weighted by molar-refractivity contribution is 6.31. The quantitative estimate of drug-likeness (QED) is 0.616. The molecule has 1 unspecified atom stereocenters. The molecular formula is C14H23ClN2O. The van der Waals surface area contributed by atoms with Crippen molar-refractivity contribution in [3.05, 3.63) is 34.3 Å². The summed E-state index contributed by atoms with van der Waals surface area (Å²) < 4.78 is 5.73. The second-order valence-corrected chi connectivity index (χ2v) is 4.99. The molecule has 0 bridgehead atoms. The van der Waals surface area contributed by atoms with E-state index in [0.717, 1.165) is 29.0 Å². The lowest BCUT2D eigenvalue weighted by atomic mass is 9.84. The van der Waals surface area contributed by atoms with Gasteiger partial charge in [0.25, 0.3) is 0 Å². The molecular weight excluding hydrogens is 248 g/mol. The van der Waals surface area contributed by atoms with Gasteiger partial charge in [-0.25, -0.2) is 0 Å². The largest absolute Gasteiger partial charge is 0.376 e. The maximum absolute atomic E-state index is 6.19. The average Bonchev–Trinajstić information content (AvgIpc) is 2.40. The third-order valence-corrected chi connectivity index (χ3v) is 4.23. The molecule has 3 nitrogen and oxygen atoms in total. The summed E-state index contributed by atoms with van der Waals surface area (Å²) in [6.07, 6.45) is 1.75. The Morgan fingerprint density at radius 3 is 2.39 bits per heavy atom. The van der Waals surface area contributed by atoms with Crippen molar-refractivity contribution in [3.8, 4) is 0 Å². The number of nitrogens with two attached hydrogens (primary N) is 1. The molecule has 0 spiro atoms. The van der Waals surface area contributed by atoms with Crippen LogP contribution in [0, 0.1) is 6.92 Å². The number of ether oxygens (including phenoxy) is 1. The van der Waals surface area contributed by atoms with Gasteiger partial charge in [-0.05, 0) is 37.0 Å². The number of hydrogen-bond donors (Lipinski definition) is 2. The molecule has 1 aromatic carbocycles. The second-order valence-electron chi connectivity index (χ2n) is 4.58. The molecule has 0 aliphatic carbocycles. The molecule has 1 atom stereocenters. The Morgan fingerprint density at radius 1 is 1.39 bits per heavy atom. The number of hydrazine groups is 1. The second kappa shape index (κ2) is 6.53. The molecule has 3 N–H and O–H groups in total. The molecule has 1 aromatic rings. The van der Waals surface area contributed by atoms with Crippen LogP contribution in [-0.4, -0.2) is 12.7 Å². The molecule has 0 amide bonds. The molecule has 0 saturated heterocycles. The van der Waals surface area contributed by atoms with Crippen LogP contribution in [0.4, 0.5) is 0 Å². The van der Waals surface area contributed by atoms with E-state index >= 15 is 0 Å². The number of halogens is 1. The van der Waals surface area contributed by atoms with E-state index < -0.39 is 0 Å². The van der Waals surface area contributed by atoms with Crippen LogP contribution in [0.1, 0.15) is 43.9 Å². The van der Waals surface area contributed by atoms with Crippen molar-refractivity contribution in [1.29, 1.82) is 0 Å². The van der Waals surface area contributed by atoms with Crippen molar-refractivity contribution in [2.24, 2.45) is 5.84 Å². The van der Waals surface area contributed by atoms with Gasteiger partial charge in [0.1, 0.15) is 0 Å². The Labute approximate surface area is 115 Å². The van der Waals surface area contributed by atoms with Gasteiger partial charge in [-0.1, -0.05) is 37.6 Å². The number of rotatable bonds is 6. The third kappa shape index (κ3) is 2.86. The van der Waals surface area contributed by atoms with E-state index in [9.17, 15) is 0 Å². The van der Waals surface area contributed by atoms with Gasteiger partial charge in [0, 0.05) is 12.1 Å². The summed E-state index contributed by atoms with van der Waals surface area (Å²) in [4.78, 5) is 0. The highest BCUT2D eigenvalue weighted by atomic mass is 35.5. The van der Waals surface area contributed by atoms with Crippen molar-refractivity contribution in [2.75, 3.05) is 7.11 Å². The van der Waals surface area contributed by atoms with Crippen LogP contribution in [0.2, 0.25) is 5.02 Å². The van der Waals surface area contributed by atoms with Gasteiger partial charge in [-0.2, -0.15) is 0 Å². The molecule has 0 aromatic heterocycles. The predicted molar refractivity (Wildman–Crippen MR) is 76.6 cm³/mol. The third-order valence-electron chi connectivity index (χ3n) is 3.83. The van der Waals surface area contributed by atoms with Crippen LogP contribution < -0.4 is 11.3 Å². The lowest BCUT2D eigenvalue weighted by Gasteiger charge is -2.38. The van der Waals surface area contributed by atoms with Crippen molar-refractivity contribution >= 4 is 11.6 Å². The van der Waals surface area contributed by atoms with E-state index in [-0.39, 0.29) is 11.6 Å². The number of hydrogen-bond acceptors (Lipinski definition) is 3. The maximum atomic E-state index is 6.19. The summed E-state index contributed by atoms with van der Waals surface area (Å²) in [6.45, 7) is 6.19. The van der Waals surface area contributed by atoms with Gasteiger partial charge in [-0.3, -0.25) is 11.3 Å². The van der Waals surface area contributed by atoms with Crippen molar-refractivity contribution in [1.82, 2.24) is 5.43 Å². The van der Waals surface area contributed by atoms with E-state index in [2.05, 4.69) is 19.3 Å². The molecule has 0 radical (unpaired) electrons. The first-order valence-electron chi connectivity index (χ1n) is 6.32. The minimum Gasteiger partial charge on any atom is -0.376 e. The van der Waals surface area contributed by atoms with Gasteiger partial charge in [0.15, 0.2) is 0 Å². The lowest BCUT2D eigenvalue weighted by Crippen LogP contribution is -2.47. The Bertz CT molecular complexity index is 383. The molecule has 18 heavy (non-hydrogen) atoms. The fourth-order valence-corrected chi connectivity index (χ4v) is 2.59. The number of benzene rings is 1. The molecule has 0 saturated carbocycles. The van der Waals surface area contributed by atoms with Crippen molar-refractivity contribution in [3.63, 3.8) is 0 Å². The van der Waals surface area contributed by atoms with Gasteiger partial charge in [-0.15, -0.1) is 0 Å². The van der Waals surface area contributed by atoms with Crippen LogP contribution in [0.25, 0.3) is 0 Å². The smallest absolute Gasteiger partial charge is 0.0880 e. The Morgan fingerprint density at radius 2 is 2.00 bits per heavy atom. The zero-order chi connectivity index (χ0) is 13.8. The van der Waals surface area contributed by atoms with E-state index in [1.54, 1.807) is 7.11 Å². The molecule has 0 fully saturated rings. The van der Waals surface area contributed by atoms with Crippen molar-refractivity contribution in [2.45, 2.75) is 45.3 Å². The minimum absolute atomic E-state index is 0.0735. The Kier molecular flexibility index (Phi) is 5.60. The van der Waals surface area contributed by atoms with Gasteiger partial charge < -0.3 is 4.74 Å². The van der Waals surface area contributed by atoms with Gasteiger partial charge in [0.2, 0.25) is 0 Å². The van der Waals surface area contributed by atoms with Crippen LogP contribution in [0.15, 0.2) is 18.2 Å². The molecule has 0 aliphatic rings. The first-order valence-corrected chi connectivity index (χ1v) is 6.69. The van der Waals surface area contributed by atoms with Crippen LogP contribution >= 0.6 is 11.6 Å². The molecule has 0 heterocycles. The predicted octanol–water partition coefficient (Wildman–Crippen LogP) is 3.36. The highest BCUT2D eigenvalue weighted by Crippen LogP contribution is 2.35. The molecule has 1 rings (SSSR count). The Balaban J connectivity index is 3.19. The highest BCUT2D eigenvalue weighted by Gasteiger charge is 2.36. The number of methoxy groups -OCH3 is 1. The molecule has 0 aliphatic heterocycles. The summed E-state index contributed by atoms with van der Waals surface area (Å²) in [6, 6.07) is 5.94. The average molecular weight is 271 g/mol. The summed E-state index contributed by atoms with van der Waals surface area (Å²) in [5, 5.41) is 0.755. The fourth-order valence-electron chi connectivity index (χ4n) is 2.41. The van der Waals surface area contributed by atoms with Crippen LogP contribution in [0.5, 0.6) is 0 Å². The summed E-state index contributed by atoms with van der Waals surface area (Å²) >= 11 is 6.19. The van der Waals surface area contributed by atoms with E-state index in [1.807, 2.05) is 25.1 Å². The van der Waals surface area contributed by atoms with Crippen LogP contribution in [-0.2, 0) is 4.74 Å². The van der Waals surface area contributed by atoms with E-state index in [1.165, 1.54) is 0 Å². The maximum Gasteiger partial charge on any atom is 0.0880 e. The summed E-state index contributed by atoms with van der Waals surface area (Å²) in [5.41, 5.74) is 4.68. The summed E-state index contributed by atoms with van der Waals surface area (Å²) in [5.74, 6) is 5.73. The number of aryl methyl sites for hydroxylation is 1. The topological polar surface area (TPSA) is 47.3 Å². The van der Waals surface area contributed by atoms with Gasteiger partial charge in [0.05, 0.1) is 11.6 Å². The SMILES string of the molecule is CCC(CC)(OC)C(NN)c1ccc(C)c(Cl)c1. The minimum atomic E-state index is -0.312. The van der Waals surface area contributed by atoms with E-state index in [4.69, 9.17) is 22.2 Å².